The highest BCUT2D eigenvalue weighted by Crippen LogP contribution is 2.35. The first-order valence-electron chi connectivity index (χ1n) is 4.76. The van der Waals surface area contributed by atoms with E-state index in [1.807, 2.05) is 0 Å². The number of nitrogens with zero attached hydrogens (tertiary/aromatic N) is 2. The van der Waals surface area contributed by atoms with Crippen LogP contribution >= 0.6 is 11.6 Å². The summed E-state index contributed by atoms with van der Waals surface area (Å²) in [6.07, 6.45) is -10.2. The number of rotatable bonds is 3. The van der Waals surface area contributed by atoms with Crippen molar-refractivity contribution < 1.29 is 36.0 Å². The lowest BCUT2D eigenvalue weighted by atomic mass is 10.2. The summed E-state index contributed by atoms with van der Waals surface area (Å²) < 4.78 is 75.8. The highest BCUT2D eigenvalue weighted by Gasteiger charge is 2.36. The van der Waals surface area contributed by atoms with E-state index in [0.29, 0.717) is 12.1 Å². The summed E-state index contributed by atoms with van der Waals surface area (Å²) in [4.78, 5) is 12.2. The minimum atomic E-state index is -5.11. The summed E-state index contributed by atoms with van der Waals surface area (Å²) in [7, 11) is 0. The molecule has 0 bridgehead atoms. The Hall–Kier alpha value is -2.04. The molecule has 0 aromatic heterocycles. The van der Waals surface area contributed by atoms with E-state index in [1.54, 1.807) is 0 Å². The fourth-order valence-electron chi connectivity index (χ4n) is 1.11. The normalized spacial score (nSPS) is 13.2. The van der Waals surface area contributed by atoms with E-state index in [4.69, 9.17) is 11.6 Å². The van der Waals surface area contributed by atoms with Gasteiger partial charge in [0.2, 0.25) is 5.17 Å². The fourth-order valence-corrected chi connectivity index (χ4v) is 1.20. The standard InChI is InChI=1S/C9H3ClF6N2O3/c10-7(8(11,12)13)17-5-2-1-4(21-9(14,15)16)3-6(5)18(19)20/h1-3H. The van der Waals surface area contributed by atoms with Crippen molar-refractivity contribution in [1.82, 2.24) is 0 Å². The van der Waals surface area contributed by atoms with E-state index in [0.717, 1.165) is 0 Å². The Labute approximate surface area is 116 Å². The van der Waals surface area contributed by atoms with Crippen LogP contribution < -0.4 is 4.74 Å². The molecule has 0 saturated carbocycles. The summed E-state index contributed by atoms with van der Waals surface area (Å²) >= 11 is 4.81. The quantitative estimate of drug-likeness (QED) is 0.357. The second kappa shape index (κ2) is 5.76. The maximum Gasteiger partial charge on any atom is 0.573 e. The average Bonchev–Trinajstić information content (AvgIpc) is 2.27. The number of alkyl halides is 6. The predicted molar refractivity (Wildman–Crippen MR) is 58.8 cm³/mol. The van der Waals surface area contributed by atoms with Gasteiger partial charge in [-0.3, -0.25) is 10.1 Å². The van der Waals surface area contributed by atoms with Crippen molar-refractivity contribution in [2.75, 3.05) is 0 Å². The third-order valence-electron chi connectivity index (χ3n) is 1.83. The van der Waals surface area contributed by atoms with Crippen LogP contribution in [0, 0.1) is 10.1 Å². The van der Waals surface area contributed by atoms with Crippen molar-refractivity contribution in [2.24, 2.45) is 4.99 Å². The highest BCUT2D eigenvalue weighted by molar-refractivity contribution is 6.67. The number of aliphatic imine (C=N–C) groups is 1. The molecule has 0 N–H and O–H groups in total. The van der Waals surface area contributed by atoms with E-state index in [9.17, 15) is 36.5 Å². The molecule has 0 amide bonds. The molecule has 116 valence electrons. The molecule has 1 aromatic carbocycles. The van der Waals surface area contributed by atoms with E-state index in [-0.39, 0.29) is 6.07 Å². The van der Waals surface area contributed by atoms with E-state index >= 15 is 0 Å². The lowest BCUT2D eigenvalue weighted by molar-refractivity contribution is -0.384. The monoisotopic (exact) mass is 336 g/mol. The van der Waals surface area contributed by atoms with Crippen LogP contribution in [0.1, 0.15) is 0 Å². The Morgan fingerprint density at radius 1 is 1.24 bits per heavy atom. The first-order chi connectivity index (χ1) is 9.40. The zero-order valence-corrected chi connectivity index (χ0v) is 10.3. The Kier molecular flexibility index (Phi) is 4.66. The van der Waals surface area contributed by atoms with Crippen LogP contribution in [0.15, 0.2) is 23.2 Å². The van der Waals surface area contributed by atoms with E-state index < -0.39 is 39.8 Å². The molecule has 1 rings (SSSR count). The fraction of sp³-hybridized carbons (Fsp3) is 0.222. The van der Waals surface area contributed by atoms with Crippen LogP contribution in [0.4, 0.5) is 37.7 Å². The third kappa shape index (κ3) is 5.10. The lowest BCUT2D eigenvalue weighted by Gasteiger charge is -2.09. The Bertz CT molecular complexity index is 584. The average molecular weight is 337 g/mol. The topological polar surface area (TPSA) is 64.7 Å². The highest BCUT2D eigenvalue weighted by atomic mass is 35.5. The molecule has 0 atom stereocenters. The minimum Gasteiger partial charge on any atom is -0.406 e. The predicted octanol–water partition coefficient (Wildman–Crippen LogP) is 4.32. The summed E-state index contributed by atoms with van der Waals surface area (Å²) in [6, 6.07) is 1.40. The van der Waals surface area contributed by atoms with E-state index in [1.165, 1.54) is 0 Å². The molecule has 0 saturated heterocycles. The van der Waals surface area contributed by atoms with Crippen LogP contribution in [0.2, 0.25) is 0 Å². The first kappa shape index (κ1) is 17.0. The van der Waals surface area contributed by atoms with Crippen molar-refractivity contribution >= 4 is 28.1 Å². The largest absolute Gasteiger partial charge is 0.573 e. The van der Waals surface area contributed by atoms with Gasteiger partial charge in [0.1, 0.15) is 11.4 Å². The summed E-state index contributed by atoms with van der Waals surface area (Å²) in [5.74, 6) is -0.976. The van der Waals surface area contributed by atoms with Crippen LogP contribution in [-0.2, 0) is 0 Å². The first-order valence-corrected chi connectivity index (χ1v) is 5.13. The second-order valence-corrected chi connectivity index (χ2v) is 3.71. The van der Waals surface area contributed by atoms with Gasteiger partial charge < -0.3 is 4.74 Å². The summed E-state index contributed by atoms with van der Waals surface area (Å²) in [6.45, 7) is 0. The maximum absolute atomic E-state index is 12.2. The molecule has 0 heterocycles. The molecule has 0 spiro atoms. The molecule has 0 unspecified atom stereocenters. The summed E-state index contributed by atoms with van der Waals surface area (Å²) in [5, 5.41) is 8.74. The molecule has 0 aliphatic heterocycles. The number of hydrogen-bond donors (Lipinski definition) is 0. The van der Waals surface area contributed by atoms with Crippen LogP contribution in [0.5, 0.6) is 5.75 Å². The van der Waals surface area contributed by atoms with Gasteiger partial charge in [-0.1, -0.05) is 11.6 Å². The van der Waals surface area contributed by atoms with Crippen molar-refractivity contribution in [3.63, 3.8) is 0 Å². The third-order valence-corrected chi connectivity index (χ3v) is 2.13. The van der Waals surface area contributed by atoms with Crippen LogP contribution in [0.25, 0.3) is 0 Å². The maximum atomic E-state index is 12.2. The van der Waals surface area contributed by atoms with Crippen molar-refractivity contribution in [3.8, 4) is 5.75 Å². The van der Waals surface area contributed by atoms with Gasteiger partial charge in [0, 0.05) is 0 Å². The molecule has 0 radical (unpaired) electrons. The minimum absolute atomic E-state index is 0.285. The molecule has 5 nitrogen and oxygen atoms in total. The van der Waals surface area contributed by atoms with Crippen LogP contribution in [-0.4, -0.2) is 22.6 Å². The van der Waals surface area contributed by atoms with Crippen molar-refractivity contribution in [3.05, 3.63) is 28.3 Å². The Morgan fingerprint density at radius 3 is 2.24 bits per heavy atom. The van der Waals surface area contributed by atoms with E-state index in [2.05, 4.69) is 9.73 Å². The SMILES string of the molecule is O=[N+]([O-])c1cc(OC(F)(F)F)ccc1N=C(Cl)C(F)(F)F. The Balaban J connectivity index is 3.27. The smallest absolute Gasteiger partial charge is 0.406 e. The van der Waals surface area contributed by atoms with Crippen LogP contribution in [0.3, 0.4) is 0 Å². The molecular formula is C9H3ClF6N2O3. The number of nitro groups is 1. The molecule has 0 fully saturated rings. The van der Waals surface area contributed by atoms with Gasteiger partial charge >= 0.3 is 12.5 Å². The number of hydrogen-bond acceptors (Lipinski definition) is 4. The zero-order chi connectivity index (χ0) is 16.4. The molecule has 21 heavy (non-hydrogen) atoms. The Morgan fingerprint density at radius 2 is 1.81 bits per heavy atom. The zero-order valence-electron chi connectivity index (χ0n) is 9.50. The molecular weight excluding hydrogens is 334 g/mol. The number of halogens is 7. The van der Waals surface area contributed by atoms with Crippen molar-refractivity contribution in [1.29, 1.82) is 0 Å². The lowest BCUT2D eigenvalue weighted by Crippen LogP contribution is -2.17. The molecule has 12 heteroatoms. The van der Waals surface area contributed by atoms with Crippen molar-refractivity contribution in [2.45, 2.75) is 12.5 Å². The second-order valence-electron chi connectivity index (χ2n) is 3.36. The number of nitro benzene ring substituents is 1. The molecule has 1 aromatic rings. The van der Waals surface area contributed by atoms with Gasteiger partial charge in [-0.2, -0.15) is 13.2 Å². The van der Waals surface area contributed by atoms with Gasteiger partial charge in [-0.05, 0) is 12.1 Å². The van der Waals surface area contributed by atoms with Gasteiger partial charge in [-0.15, -0.1) is 13.2 Å². The molecule has 0 aliphatic carbocycles. The van der Waals surface area contributed by atoms with Gasteiger partial charge in [0.15, 0.2) is 0 Å². The molecule has 0 aliphatic rings. The number of ether oxygens (including phenoxy) is 1. The number of benzene rings is 1. The van der Waals surface area contributed by atoms with Gasteiger partial charge in [-0.25, -0.2) is 4.99 Å². The van der Waals surface area contributed by atoms with Gasteiger partial charge in [0.25, 0.3) is 5.69 Å². The van der Waals surface area contributed by atoms with Gasteiger partial charge in [0.05, 0.1) is 11.0 Å². The summed E-state index contributed by atoms with van der Waals surface area (Å²) in [5.41, 5.74) is -1.99.